The number of hydrogen-bond donors (Lipinski definition) is 0. The van der Waals surface area contributed by atoms with Gasteiger partial charge in [-0.15, -0.1) is 0 Å². The van der Waals surface area contributed by atoms with E-state index >= 15 is 0 Å². The van der Waals surface area contributed by atoms with Crippen LogP contribution in [0.1, 0.15) is 516 Å². The third-order valence-electron chi connectivity index (χ3n) is 32.7. The topological polar surface area (TPSA) is 195 Å². The molecule has 0 radical (unpaired) electrons. The van der Waals surface area contributed by atoms with E-state index in [9.17, 15) is 0 Å². The molecule has 0 saturated carbocycles. The molecule has 8 rings (SSSR count). The smallest absolute Gasteiger partial charge is 0.230 e. The Labute approximate surface area is 915 Å². The van der Waals surface area contributed by atoms with Crippen LogP contribution in [0.2, 0.25) is 0 Å². The van der Waals surface area contributed by atoms with E-state index < -0.39 is 0 Å². The molecule has 0 amide bonds. The average molecular weight is 2090 g/mol. The van der Waals surface area contributed by atoms with Crippen LogP contribution in [0.4, 0.5) is 35.4 Å². The zero-order valence-electron chi connectivity index (χ0n) is 103. The summed E-state index contributed by atoms with van der Waals surface area (Å²) in [6.45, 7) is 98.5. The monoisotopic (exact) mass is 2090 g/mol. The first-order valence-corrected chi connectivity index (χ1v) is 62.0. The molecule has 0 bridgehead atoms. The summed E-state index contributed by atoms with van der Waals surface area (Å²) in [5, 5.41) is 11.9. The summed E-state index contributed by atoms with van der Waals surface area (Å²) in [6.07, 6.45) is 43.8. The number of hydrogen-bond acceptors (Lipinski definition) is 27. The number of rotatable bonds is 74. The molecule has 27 heteroatoms. The van der Waals surface area contributed by atoms with Gasteiger partial charge in [-0.05, 0) is 338 Å². The van der Waals surface area contributed by atoms with Crippen LogP contribution in [0.5, 0.6) is 0 Å². The molecule has 862 valence electrons. The second-order valence-electron chi connectivity index (χ2n) is 52.3. The van der Waals surface area contributed by atoms with Crippen molar-refractivity contribution >= 4 is 35.4 Å². The molecule has 0 unspecified atom stereocenters. The Hall–Kier alpha value is -4.62. The first kappa shape index (κ1) is 130. The van der Waals surface area contributed by atoms with Gasteiger partial charge in [0.1, 0.15) is 29.1 Å². The van der Waals surface area contributed by atoms with Gasteiger partial charge in [-0.2, -0.15) is 55.2 Å². The van der Waals surface area contributed by atoms with E-state index in [-0.39, 0.29) is 73.5 Å². The fourth-order valence-corrected chi connectivity index (χ4v) is 26.4. The van der Waals surface area contributed by atoms with Gasteiger partial charge in [-0.1, -0.05) is 180 Å². The summed E-state index contributed by atoms with van der Waals surface area (Å²) >= 11 is 0. The van der Waals surface area contributed by atoms with Crippen LogP contribution >= 0.6 is 0 Å². The van der Waals surface area contributed by atoms with E-state index in [0.717, 1.165) is 427 Å². The Morgan fingerprint density at radius 3 is 0.698 bits per heavy atom. The molecule has 149 heavy (non-hydrogen) atoms. The van der Waals surface area contributed by atoms with Crippen LogP contribution in [0, 0.1) is 0 Å². The van der Waals surface area contributed by atoms with Gasteiger partial charge in [0.15, 0.2) is 0 Å². The molecule has 3 aromatic heterocycles. The van der Waals surface area contributed by atoms with Crippen molar-refractivity contribution in [3.05, 3.63) is 23.5 Å². The Bertz CT molecular complexity index is 3990. The van der Waals surface area contributed by atoms with Crippen molar-refractivity contribution in [3.8, 4) is 0 Å². The number of anilines is 6. The number of unbranched alkanes of at least 4 members (excludes halogenated alkanes) is 15. The quantitative estimate of drug-likeness (QED) is 0.0484. The molecule has 0 aromatic carbocycles. The summed E-state index contributed by atoms with van der Waals surface area (Å²) < 4.78 is 0. The SMILES string of the molecule is CCCCN(CCCC)c1cc(N(CCCC)CCCC)nc(CN(CCCCCCN(Cc2nc(N(CCCC)C3CC(C)(C)N(OCCC)C(C)(C)C3)nc(N(CCCCCCN(CCc3nc(N(CCCC)CCCC)nc(N(CCCC)CCCC)n3)C3CC(C)(C)N(OCCC)C(C)(C)C3)C3CC(C)(C)N(OCCC)C(C)(C)C3)n2)C2CC(C)(C)N(OCCC)C(C)(C)C2)C2CC(C)(C)N(OCCC)C(C)(C)C2)n1. The van der Waals surface area contributed by atoms with Crippen molar-refractivity contribution in [3.63, 3.8) is 0 Å². The Morgan fingerprint density at radius 1 is 0.215 bits per heavy atom. The summed E-state index contributed by atoms with van der Waals surface area (Å²) in [5.41, 5.74) is -2.47. The number of aromatic nitrogens is 8. The van der Waals surface area contributed by atoms with Gasteiger partial charge in [0.25, 0.3) is 0 Å². The van der Waals surface area contributed by atoms with Crippen LogP contribution in [0.15, 0.2) is 6.07 Å². The maximum Gasteiger partial charge on any atom is 0.230 e. The second kappa shape index (κ2) is 62.1. The highest BCUT2D eigenvalue weighted by molar-refractivity contribution is 5.52. The van der Waals surface area contributed by atoms with Crippen molar-refractivity contribution < 1.29 is 24.2 Å². The highest BCUT2D eigenvalue weighted by atomic mass is 16.7. The predicted octanol–water partition coefficient (Wildman–Crippen LogP) is 27.7. The van der Waals surface area contributed by atoms with Crippen molar-refractivity contribution in [2.45, 2.75) is 604 Å². The van der Waals surface area contributed by atoms with E-state index in [4.69, 9.17) is 64.1 Å². The molecule has 0 N–H and O–H groups in total. The van der Waals surface area contributed by atoms with Gasteiger partial charge >= 0.3 is 0 Å². The number of nitrogens with zero attached hydrogens (tertiary/aromatic N) is 22. The maximum atomic E-state index is 6.94. The van der Waals surface area contributed by atoms with Gasteiger partial charge in [0.2, 0.25) is 23.8 Å². The van der Waals surface area contributed by atoms with Crippen LogP contribution in [0.3, 0.4) is 0 Å². The fraction of sp³-hybridized carbons (Fsp3) is 0.918. The zero-order chi connectivity index (χ0) is 110. The molecular weight excluding hydrogens is 1850 g/mol. The first-order valence-electron chi connectivity index (χ1n) is 62.0. The lowest BCUT2D eigenvalue weighted by Gasteiger charge is -2.56. The van der Waals surface area contributed by atoms with Gasteiger partial charge in [-0.25, -0.2) is 9.97 Å². The Morgan fingerprint density at radius 2 is 0.430 bits per heavy atom. The predicted molar refractivity (Wildman–Crippen MR) is 629 cm³/mol. The van der Waals surface area contributed by atoms with Crippen LogP contribution in [-0.2, 0) is 43.7 Å². The van der Waals surface area contributed by atoms with E-state index in [1.54, 1.807) is 0 Å². The largest absolute Gasteiger partial charge is 0.356 e. The van der Waals surface area contributed by atoms with Gasteiger partial charge in [-0.3, -0.25) is 38.9 Å². The van der Waals surface area contributed by atoms with Gasteiger partial charge < -0.3 is 29.4 Å². The Balaban J connectivity index is 1.24. The molecular formula is C122H234N22O5. The second-order valence-corrected chi connectivity index (χ2v) is 52.3. The zero-order valence-corrected chi connectivity index (χ0v) is 103. The summed E-state index contributed by atoms with van der Waals surface area (Å²) in [6, 6.07) is 3.44. The van der Waals surface area contributed by atoms with Gasteiger partial charge in [0.05, 0.1) is 46.1 Å². The molecule has 3 aromatic rings. The molecule has 0 aliphatic carbocycles. The summed E-state index contributed by atoms with van der Waals surface area (Å²) in [4.78, 5) is 105. The third kappa shape index (κ3) is 38.6. The lowest BCUT2D eigenvalue weighted by atomic mass is 9.78. The maximum absolute atomic E-state index is 6.94. The first-order chi connectivity index (χ1) is 70.7. The van der Waals surface area contributed by atoms with E-state index in [1.807, 2.05) is 0 Å². The number of hydroxylamine groups is 10. The minimum Gasteiger partial charge on any atom is -0.356 e. The van der Waals surface area contributed by atoms with E-state index in [0.29, 0.717) is 45.0 Å². The Kier molecular flexibility index (Phi) is 54.0. The van der Waals surface area contributed by atoms with Crippen LogP contribution in [0.25, 0.3) is 0 Å². The van der Waals surface area contributed by atoms with Crippen molar-refractivity contribution in [2.24, 2.45) is 0 Å². The summed E-state index contributed by atoms with van der Waals surface area (Å²) in [5.74, 6) is 8.32. The minimum absolute atomic E-state index is 0.0989. The molecule has 5 aliphatic rings. The van der Waals surface area contributed by atoms with E-state index in [1.165, 1.54) is 0 Å². The van der Waals surface area contributed by atoms with Crippen LogP contribution in [-0.4, -0.2) is 290 Å². The lowest BCUT2D eigenvalue weighted by Crippen LogP contribution is -2.64. The normalized spacial score (nSPS) is 19.9. The molecule has 0 atom stereocenters. The number of piperidine rings is 5. The highest BCUT2D eigenvalue weighted by Crippen LogP contribution is 2.49. The van der Waals surface area contributed by atoms with E-state index in [2.05, 4.69) is 311 Å². The van der Waals surface area contributed by atoms with Crippen molar-refractivity contribution in [2.75, 3.05) is 154 Å². The fourth-order valence-electron chi connectivity index (χ4n) is 26.4. The van der Waals surface area contributed by atoms with Gasteiger partial charge in [0, 0.05) is 170 Å². The third-order valence-corrected chi connectivity index (χ3v) is 32.7. The molecule has 27 nitrogen and oxygen atoms in total. The average Bonchev–Trinajstić information content (AvgIpc) is 0.725. The van der Waals surface area contributed by atoms with Crippen LogP contribution < -0.4 is 29.4 Å². The minimum atomic E-state index is -0.309. The standard InChI is InChI=1S/C122H234N22O5/c1-35-49-67-132(68-50-36-2)107-86-108(133(69-51-37-3)70-52-38-4)124-105(123-107)97-136(100-89-115(19,20)141(146-82-45-11)116(21,22)90-100)76-63-58-59-64-77-137(101-91-117(23,24)142(147-83-46-12)118(25,26)92-101)98-106-127-111(138(78-57-43-9)102-93-119(27,28)143(148-84-47-13)120(29,30)94-102)130-112(128-106)139(103-95-121(31,32)144(149-85-48-14)122(33,34)96-103)79-65-61-60-62-75-131(99-87-113(15,16)140(145-81-44-10)114(17,18)88-99)80-66-104-125-109(134(71-53-39-5)72-54-40-6)129-110(126-104)135(73-55-41-7)74-56-42-8/h86,99-103H,35-85,87-98H2,1-34H3. The molecule has 5 fully saturated rings. The highest BCUT2D eigenvalue weighted by Gasteiger charge is 2.55. The molecule has 5 aliphatic heterocycles. The summed E-state index contributed by atoms with van der Waals surface area (Å²) in [7, 11) is 0. The molecule has 5 saturated heterocycles. The van der Waals surface area contributed by atoms with Crippen molar-refractivity contribution in [1.29, 1.82) is 0 Å². The van der Waals surface area contributed by atoms with Crippen molar-refractivity contribution in [1.82, 2.24) is 79.9 Å². The molecule has 8 heterocycles. The lowest BCUT2D eigenvalue weighted by molar-refractivity contribution is -0.288. The molecule has 0 spiro atoms.